The number of fused-ring (bicyclic) bond motifs is 3. The molecule has 3 aromatic rings. The lowest BCUT2D eigenvalue weighted by Crippen LogP contribution is -2.41. The molecule has 2 aliphatic rings. The molecule has 1 aliphatic carbocycles. The minimum absolute atomic E-state index is 0.0139. The Morgan fingerprint density at radius 2 is 1.91 bits per heavy atom. The van der Waals surface area contributed by atoms with Crippen LogP contribution in [0, 0.1) is 0 Å². The molecule has 0 radical (unpaired) electrons. The molecule has 0 atom stereocenters. The van der Waals surface area contributed by atoms with Crippen molar-refractivity contribution in [2.24, 2.45) is 0 Å². The number of hydrogen-bond acceptors (Lipinski definition) is 6. The molecule has 1 saturated heterocycles. The molecule has 8 heteroatoms. The molecule has 0 N–H and O–H groups in total. The van der Waals surface area contributed by atoms with E-state index in [1.165, 1.54) is 34.2 Å². The second-order valence-corrected chi connectivity index (χ2v) is 10.3. The van der Waals surface area contributed by atoms with Crippen molar-refractivity contribution in [3.63, 3.8) is 0 Å². The summed E-state index contributed by atoms with van der Waals surface area (Å²) in [5.41, 5.74) is 3.20. The van der Waals surface area contributed by atoms with Crippen LogP contribution in [0.3, 0.4) is 0 Å². The predicted molar refractivity (Wildman–Crippen MR) is 129 cm³/mol. The SMILES string of the molecule is CCc1ccc(-n2c(SCC(=O)N3CCOCC3)nc3sc4c(c3c2=O)CCCC4)cc1. The van der Waals surface area contributed by atoms with Crippen LogP contribution in [0.2, 0.25) is 0 Å². The number of ether oxygens (including phenoxy) is 1. The van der Waals surface area contributed by atoms with E-state index in [1.807, 2.05) is 17.0 Å². The van der Waals surface area contributed by atoms with Gasteiger partial charge in [0.1, 0.15) is 4.83 Å². The number of rotatable bonds is 5. The quantitative estimate of drug-likeness (QED) is 0.420. The minimum Gasteiger partial charge on any atom is -0.378 e. The summed E-state index contributed by atoms with van der Waals surface area (Å²) in [6.07, 6.45) is 5.21. The first-order valence-electron chi connectivity index (χ1n) is 11.3. The number of carbonyl (C=O) groups is 1. The van der Waals surface area contributed by atoms with Gasteiger partial charge in [0.25, 0.3) is 5.56 Å². The molecular weight excluding hydrogens is 442 g/mol. The Kier molecular flexibility index (Phi) is 6.35. The number of thiophene rings is 1. The van der Waals surface area contributed by atoms with Gasteiger partial charge in [-0.15, -0.1) is 11.3 Å². The average molecular weight is 470 g/mol. The molecule has 1 amide bonds. The van der Waals surface area contributed by atoms with Crippen molar-refractivity contribution in [2.75, 3.05) is 32.1 Å². The lowest BCUT2D eigenvalue weighted by Gasteiger charge is -2.26. The Morgan fingerprint density at radius 3 is 2.66 bits per heavy atom. The number of carbonyl (C=O) groups excluding carboxylic acids is 1. The van der Waals surface area contributed by atoms with Crippen molar-refractivity contribution >= 4 is 39.2 Å². The number of nitrogens with zero attached hydrogens (tertiary/aromatic N) is 3. The highest BCUT2D eigenvalue weighted by Gasteiger charge is 2.24. The summed E-state index contributed by atoms with van der Waals surface area (Å²) in [7, 11) is 0. The molecule has 3 heterocycles. The van der Waals surface area contributed by atoms with Crippen LogP contribution < -0.4 is 5.56 Å². The number of morpholine rings is 1. The summed E-state index contributed by atoms with van der Waals surface area (Å²) in [5, 5.41) is 1.36. The second kappa shape index (κ2) is 9.37. The fourth-order valence-electron chi connectivity index (χ4n) is 4.42. The highest BCUT2D eigenvalue weighted by Crippen LogP contribution is 2.35. The van der Waals surface area contributed by atoms with Gasteiger partial charge in [-0.3, -0.25) is 14.2 Å². The molecule has 1 fully saturated rings. The van der Waals surface area contributed by atoms with Crippen LogP contribution in [0.1, 0.15) is 35.8 Å². The molecular formula is C24H27N3O3S2. The molecule has 0 spiro atoms. The van der Waals surface area contributed by atoms with Gasteiger partial charge >= 0.3 is 0 Å². The van der Waals surface area contributed by atoms with E-state index in [-0.39, 0.29) is 17.2 Å². The third-order valence-corrected chi connectivity index (χ3v) is 8.36. The van der Waals surface area contributed by atoms with Gasteiger partial charge in [-0.25, -0.2) is 4.98 Å². The van der Waals surface area contributed by atoms with Gasteiger partial charge < -0.3 is 9.64 Å². The second-order valence-electron chi connectivity index (χ2n) is 8.23. The van der Waals surface area contributed by atoms with E-state index in [1.54, 1.807) is 15.9 Å². The highest BCUT2D eigenvalue weighted by atomic mass is 32.2. The number of aryl methyl sites for hydroxylation is 3. The van der Waals surface area contributed by atoms with Gasteiger partial charge in [0.15, 0.2) is 5.16 Å². The average Bonchev–Trinajstić information content (AvgIpc) is 3.22. The molecule has 168 valence electrons. The number of aromatic nitrogens is 2. The zero-order valence-corrected chi connectivity index (χ0v) is 19.9. The Morgan fingerprint density at radius 1 is 1.16 bits per heavy atom. The number of thioether (sulfide) groups is 1. The monoisotopic (exact) mass is 469 g/mol. The largest absolute Gasteiger partial charge is 0.378 e. The summed E-state index contributed by atoms with van der Waals surface area (Å²) in [5.74, 6) is 0.321. The van der Waals surface area contributed by atoms with E-state index >= 15 is 0 Å². The van der Waals surface area contributed by atoms with Crippen molar-refractivity contribution < 1.29 is 9.53 Å². The van der Waals surface area contributed by atoms with E-state index in [2.05, 4.69) is 19.1 Å². The van der Waals surface area contributed by atoms with Crippen LogP contribution in [0.25, 0.3) is 15.9 Å². The van der Waals surface area contributed by atoms with Crippen LogP contribution in [0.4, 0.5) is 0 Å². The van der Waals surface area contributed by atoms with E-state index < -0.39 is 0 Å². The van der Waals surface area contributed by atoms with Crippen molar-refractivity contribution in [3.8, 4) is 5.69 Å². The summed E-state index contributed by atoms with van der Waals surface area (Å²) < 4.78 is 7.06. The van der Waals surface area contributed by atoms with Crippen LogP contribution in [-0.2, 0) is 28.8 Å². The minimum atomic E-state index is -0.0139. The first-order valence-corrected chi connectivity index (χ1v) is 13.1. The first kappa shape index (κ1) is 21.7. The maximum Gasteiger partial charge on any atom is 0.267 e. The lowest BCUT2D eigenvalue weighted by atomic mass is 9.97. The van der Waals surface area contributed by atoms with E-state index in [0.717, 1.165) is 41.6 Å². The van der Waals surface area contributed by atoms with Crippen molar-refractivity contribution in [1.82, 2.24) is 14.5 Å². The van der Waals surface area contributed by atoms with Gasteiger partial charge in [-0.1, -0.05) is 30.8 Å². The molecule has 0 unspecified atom stereocenters. The maximum atomic E-state index is 13.8. The molecule has 1 aliphatic heterocycles. The smallest absolute Gasteiger partial charge is 0.267 e. The summed E-state index contributed by atoms with van der Waals surface area (Å²) in [4.78, 5) is 35.4. The molecule has 32 heavy (non-hydrogen) atoms. The normalized spacial score (nSPS) is 16.3. The zero-order chi connectivity index (χ0) is 22.1. The Hall–Kier alpha value is -2.16. The molecule has 0 saturated carbocycles. The van der Waals surface area contributed by atoms with Crippen LogP contribution in [0.15, 0.2) is 34.2 Å². The van der Waals surface area contributed by atoms with Gasteiger partial charge in [0, 0.05) is 18.0 Å². The van der Waals surface area contributed by atoms with Gasteiger partial charge in [0.2, 0.25) is 5.91 Å². The van der Waals surface area contributed by atoms with Crippen molar-refractivity contribution in [2.45, 2.75) is 44.2 Å². The van der Waals surface area contributed by atoms with Crippen LogP contribution >= 0.6 is 23.1 Å². The number of amides is 1. The van der Waals surface area contributed by atoms with Gasteiger partial charge in [0.05, 0.1) is 30.0 Å². The topological polar surface area (TPSA) is 64.4 Å². The van der Waals surface area contributed by atoms with Crippen molar-refractivity contribution in [1.29, 1.82) is 0 Å². The fourth-order valence-corrected chi connectivity index (χ4v) is 6.64. The standard InChI is InChI=1S/C24H27N3O3S2/c1-2-16-7-9-17(10-8-16)27-23(29)21-18-5-3-4-6-19(18)32-22(21)25-24(27)31-15-20(28)26-11-13-30-14-12-26/h7-10H,2-6,11-15H2,1H3. The van der Waals surface area contributed by atoms with E-state index in [4.69, 9.17) is 9.72 Å². The summed E-state index contributed by atoms with van der Waals surface area (Å²) in [6, 6.07) is 8.09. The molecule has 1 aromatic carbocycles. The highest BCUT2D eigenvalue weighted by molar-refractivity contribution is 7.99. The van der Waals surface area contributed by atoms with Crippen LogP contribution in [0.5, 0.6) is 0 Å². The predicted octanol–water partition coefficient (Wildman–Crippen LogP) is 3.84. The summed E-state index contributed by atoms with van der Waals surface area (Å²) in [6.45, 7) is 4.51. The van der Waals surface area contributed by atoms with Gasteiger partial charge in [-0.05, 0) is 55.4 Å². The Balaban J connectivity index is 1.56. The number of benzene rings is 1. The molecule has 0 bridgehead atoms. The molecule has 2 aromatic heterocycles. The maximum absolute atomic E-state index is 13.8. The summed E-state index contributed by atoms with van der Waals surface area (Å²) >= 11 is 3.01. The zero-order valence-electron chi connectivity index (χ0n) is 18.3. The van der Waals surface area contributed by atoms with Crippen LogP contribution in [-0.4, -0.2) is 52.4 Å². The van der Waals surface area contributed by atoms with Gasteiger partial charge in [-0.2, -0.15) is 0 Å². The lowest BCUT2D eigenvalue weighted by molar-refractivity contribution is -0.132. The Bertz CT molecular complexity index is 1190. The third kappa shape index (κ3) is 4.11. The van der Waals surface area contributed by atoms with Crippen molar-refractivity contribution in [3.05, 3.63) is 50.6 Å². The molecule has 6 nitrogen and oxygen atoms in total. The third-order valence-electron chi connectivity index (χ3n) is 6.25. The van der Waals surface area contributed by atoms with E-state index in [0.29, 0.717) is 31.5 Å². The van der Waals surface area contributed by atoms with E-state index in [9.17, 15) is 9.59 Å². The number of hydrogen-bond donors (Lipinski definition) is 0. The Labute approximate surface area is 195 Å². The molecule has 5 rings (SSSR count). The first-order chi connectivity index (χ1) is 15.7. The fraction of sp³-hybridized carbons (Fsp3) is 0.458.